The fraction of sp³-hybridized carbons (Fsp3) is 0.308. The summed E-state index contributed by atoms with van der Waals surface area (Å²) in [5.41, 5.74) is 0. The highest BCUT2D eigenvalue weighted by Gasteiger charge is 2.15. The van der Waals surface area contributed by atoms with E-state index in [1.165, 1.54) is 17.4 Å². The van der Waals surface area contributed by atoms with Crippen LogP contribution in [0.25, 0.3) is 10.8 Å². The van der Waals surface area contributed by atoms with Crippen LogP contribution in [0.2, 0.25) is 0 Å². The Morgan fingerprint density at radius 1 is 1.58 bits per heavy atom. The summed E-state index contributed by atoms with van der Waals surface area (Å²) in [4.78, 5) is 14.2. The third-order valence-electron chi connectivity index (χ3n) is 2.50. The number of nitrogens with zero attached hydrogens (tertiary/aromatic N) is 3. The number of rotatable bonds is 6. The van der Waals surface area contributed by atoms with Crippen LogP contribution in [0, 0.1) is 0 Å². The molecule has 0 saturated carbocycles. The van der Waals surface area contributed by atoms with Gasteiger partial charge in [-0.25, -0.2) is 0 Å². The van der Waals surface area contributed by atoms with Crippen molar-refractivity contribution >= 4 is 17.2 Å². The van der Waals surface area contributed by atoms with Crippen molar-refractivity contribution in [2.24, 2.45) is 0 Å². The van der Waals surface area contributed by atoms with Gasteiger partial charge in [-0.1, -0.05) is 19.6 Å². The molecule has 0 radical (unpaired) electrons. The maximum atomic E-state index is 11.7. The molecule has 0 aromatic carbocycles. The molecule has 2 rings (SSSR count). The average molecular weight is 277 g/mol. The number of thiophene rings is 1. The zero-order chi connectivity index (χ0) is 13.7. The molecule has 2 aromatic heterocycles. The third kappa shape index (κ3) is 3.29. The molecule has 0 atom stereocenters. The molecule has 2 aromatic rings. The van der Waals surface area contributed by atoms with Gasteiger partial charge in [0.1, 0.15) is 0 Å². The molecule has 0 aliphatic heterocycles. The summed E-state index contributed by atoms with van der Waals surface area (Å²) in [6.45, 7) is 6.46. The summed E-state index contributed by atoms with van der Waals surface area (Å²) in [7, 11) is 0. The number of aromatic nitrogens is 2. The lowest BCUT2D eigenvalue weighted by atomic mass is 10.3. The normalized spacial score (nSPS) is 10.4. The zero-order valence-corrected chi connectivity index (χ0v) is 11.5. The van der Waals surface area contributed by atoms with Gasteiger partial charge in [0.05, 0.1) is 11.4 Å². The van der Waals surface area contributed by atoms with Crippen molar-refractivity contribution in [3.8, 4) is 10.8 Å². The summed E-state index contributed by atoms with van der Waals surface area (Å²) in [6.07, 6.45) is 2.16. The van der Waals surface area contributed by atoms with Crippen molar-refractivity contribution in [1.29, 1.82) is 0 Å². The van der Waals surface area contributed by atoms with Gasteiger partial charge in [-0.05, 0) is 23.9 Å². The van der Waals surface area contributed by atoms with Gasteiger partial charge < -0.3 is 9.32 Å². The molecule has 0 bridgehead atoms. The second kappa shape index (κ2) is 6.29. The van der Waals surface area contributed by atoms with Crippen molar-refractivity contribution in [3.05, 3.63) is 36.1 Å². The standard InChI is InChI=1S/C13H15N3O2S/c1-3-7-16(12(17)4-2)9-11-14-15-13(18-11)10-6-5-8-19-10/h4-6,8H,2-3,7,9H2,1H3. The minimum absolute atomic E-state index is 0.127. The molecular weight excluding hydrogens is 262 g/mol. The van der Waals surface area contributed by atoms with Crippen LogP contribution in [0.5, 0.6) is 0 Å². The summed E-state index contributed by atoms with van der Waals surface area (Å²) >= 11 is 1.54. The molecule has 0 unspecified atom stereocenters. The van der Waals surface area contributed by atoms with Crippen molar-refractivity contribution in [2.75, 3.05) is 6.54 Å². The van der Waals surface area contributed by atoms with E-state index in [9.17, 15) is 4.79 Å². The van der Waals surface area contributed by atoms with E-state index < -0.39 is 0 Å². The van der Waals surface area contributed by atoms with Gasteiger partial charge in [0, 0.05) is 6.54 Å². The minimum Gasteiger partial charge on any atom is -0.418 e. The van der Waals surface area contributed by atoms with Crippen LogP contribution in [-0.4, -0.2) is 27.5 Å². The van der Waals surface area contributed by atoms with E-state index >= 15 is 0 Å². The maximum absolute atomic E-state index is 11.7. The molecule has 5 nitrogen and oxygen atoms in total. The summed E-state index contributed by atoms with van der Waals surface area (Å²) in [6, 6.07) is 3.84. The summed E-state index contributed by atoms with van der Waals surface area (Å²) < 4.78 is 5.56. The van der Waals surface area contributed by atoms with E-state index in [1.807, 2.05) is 24.4 Å². The van der Waals surface area contributed by atoms with Crippen LogP contribution in [-0.2, 0) is 11.3 Å². The fourth-order valence-electron chi connectivity index (χ4n) is 1.65. The van der Waals surface area contributed by atoms with Gasteiger partial charge in [0.15, 0.2) is 0 Å². The molecule has 0 fully saturated rings. The molecular formula is C13H15N3O2S. The maximum Gasteiger partial charge on any atom is 0.257 e. The van der Waals surface area contributed by atoms with Gasteiger partial charge in [-0.15, -0.1) is 21.5 Å². The largest absolute Gasteiger partial charge is 0.418 e. The highest BCUT2D eigenvalue weighted by atomic mass is 32.1. The SMILES string of the molecule is C=CC(=O)N(CCC)Cc1nnc(-c2cccs2)o1. The van der Waals surface area contributed by atoms with E-state index in [1.54, 1.807) is 4.90 Å². The van der Waals surface area contributed by atoms with Crippen LogP contribution >= 0.6 is 11.3 Å². The second-order valence-corrected chi connectivity index (χ2v) is 4.89. The van der Waals surface area contributed by atoms with Gasteiger partial charge in [0.2, 0.25) is 11.8 Å². The highest BCUT2D eigenvalue weighted by molar-refractivity contribution is 7.13. The van der Waals surface area contributed by atoms with E-state index in [4.69, 9.17) is 4.42 Å². The molecule has 6 heteroatoms. The predicted molar refractivity (Wildman–Crippen MR) is 73.5 cm³/mol. The van der Waals surface area contributed by atoms with Crippen molar-refractivity contribution < 1.29 is 9.21 Å². The van der Waals surface area contributed by atoms with E-state index in [2.05, 4.69) is 16.8 Å². The second-order valence-electron chi connectivity index (χ2n) is 3.94. The highest BCUT2D eigenvalue weighted by Crippen LogP contribution is 2.23. The summed E-state index contributed by atoms with van der Waals surface area (Å²) in [5, 5.41) is 9.91. The van der Waals surface area contributed by atoms with Crippen LogP contribution in [0.4, 0.5) is 0 Å². The number of hydrogen-bond donors (Lipinski definition) is 0. The molecule has 0 N–H and O–H groups in total. The Bertz CT molecular complexity index is 548. The van der Waals surface area contributed by atoms with E-state index in [0.717, 1.165) is 11.3 Å². The fourth-order valence-corrected chi connectivity index (χ4v) is 2.29. The summed E-state index contributed by atoms with van der Waals surface area (Å²) in [5.74, 6) is 0.803. The Balaban J connectivity index is 2.09. The molecule has 0 aliphatic rings. The van der Waals surface area contributed by atoms with E-state index in [-0.39, 0.29) is 5.91 Å². The van der Waals surface area contributed by atoms with Crippen molar-refractivity contribution in [3.63, 3.8) is 0 Å². The Morgan fingerprint density at radius 3 is 3.05 bits per heavy atom. The van der Waals surface area contributed by atoms with Crippen LogP contribution in [0.15, 0.2) is 34.6 Å². The van der Waals surface area contributed by atoms with Gasteiger partial charge >= 0.3 is 0 Å². The lowest BCUT2D eigenvalue weighted by molar-refractivity contribution is -0.126. The lowest BCUT2D eigenvalue weighted by Gasteiger charge is -2.17. The number of amides is 1. The molecule has 0 saturated heterocycles. The van der Waals surface area contributed by atoms with Crippen LogP contribution < -0.4 is 0 Å². The zero-order valence-electron chi connectivity index (χ0n) is 10.7. The molecule has 1 amide bonds. The lowest BCUT2D eigenvalue weighted by Crippen LogP contribution is -2.29. The third-order valence-corrected chi connectivity index (χ3v) is 3.36. The van der Waals surface area contributed by atoms with E-state index in [0.29, 0.717) is 24.9 Å². The monoisotopic (exact) mass is 277 g/mol. The topological polar surface area (TPSA) is 59.2 Å². The first kappa shape index (κ1) is 13.5. The van der Waals surface area contributed by atoms with Gasteiger partial charge in [0.25, 0.3) is 5.89 Å². The quantitative estimate of drug-likeness (QED) is 0.762. The Hall–Kier alpha value is -1.95. The first-order valence-corrected chi connectivity index (χ1v) is 6.90. The number of carbonyl (C=O) groups excluding carboxylic acids is 1. The van der Waals surface area contributed by atoms with Crippen molar-refractivity contribution in [1.82, 2.24) is 15.1 Å². The van der Waals surface area contributed by atoms with Gasteiger partial charge in [-0.2, -0.15) is 0 Å². The van der Waals surface area contributed by atoms with Crippen molar-refractivity contribution in [2.45, 2.75) is 19.9 Å². The smallest absolute Gasteiger partial charge is 0.257 e. The minimum atomic E-state index is -0.127. The van der Waals surface area contributed by atoms with Gasteiger partial charge in [-0.3, -0.25) is 4.79 Å². The Kier molecular flexibility index (Phi) is 4.46. The molecule has 0 spiro atoms. The molecule has 0 aliphatic carbocycles. The molecule has 19 heavy (non-hydrogen) atoms. The number of carbonyl (C=O) groups is 1. The Labute approximate surface area is 115 Å². The van der Waals surface area contributed by atoms with Crippen LogP contribution in [0.3, 0.4) is 0 Å². The average Bonchev–Trinajstić information content (AvgIpc) is 3.07. The number of hydrogen-bond acceptors (Lipinski definition) is 5. The predicted octanol–water partition coefficient (Wildman–Crippen LogP) is 2.72. The molecule has 2 heterocycles. The first-order valence-electron chi connectivity index (χ1n) is 6.02. The molecule has 100 valence electrons. The van der Waals surface area contributed by atoms with Crippen LogP contribution in [0.1, 0.15) is 19.2 Å². The Morgan fingerprint density at radius 2 is 2.42 bits per heavy atom. The first-order chi connectivity index (χ1) is 9.24.